The molecule has 0 spiro atoms. The van der Waals surface area contributed by atoms with Gasteiger partial charge in [0.05, 0.1) is 12.8 Å². The van der Waals surface area contributed by atoms with Crippen molar-refractivity contribution in [2.24, 2.45) is 0 Å². The Labute approximate surface area is 245 Å². The van der Waals surface area contributed by atoms with E-state index in [1.165, 1.54) is 0 Å². The number of amides is 2. The third kappa shape index (κ3) is 7.21. The highest BCUT2D eigenvalue weighted by Gasteiger charge is 2.25. The second-order valence-corrected chi connectivity index (χ2v) is 10.3. The van der Waals surface area contributed by atoms with E-state index in [1.54, 1.807) is 36.3 Å². The molecule has 1 aliphatic rings. The SMILES string of the molecule is COc1ccc(-c2ccc(N3CCCN(C(=O)CN(Cc4ccccc4)C(=O)c4ccc(Cl)cc4)CC3)nn2)cc1. The number of nitrogens with zero attached hydrogens (tertiary/aromatic N) is 5. The molecule has 4 aromatic rings. The maximum atomic E-state index is 13.5. The quantitative estimate of drug-likeness (QED) is 0.291. The minimum atomic E-state index is -0.206. The predicted molar refractivity (Wildman–Crippen MR) is 160 cm³/mol. The van der Waals surface area contributed by atoms with Gasteiger partial charge in [-0.25, -0.2) is 0 Å². The first-order valence-corrected chi connectivity index (χ1v) is 14.0. The zero-order valence-electron chi connectivity index (χ0n) is 22.9. The third-order valence-electron chi connectivity index (χ3n) is 7.13. The monoisotopic (exact) mass is 569 g/mol. The molecule has 41 heavy (non-hydrogen) atoms. The topological polar surface area (TPSA) is 78.9 Å². The minimum absolute atomic E-state index is 0.00722. The summed E-state index contributed by atoms with van der Waals surface area (Å²) in [6.07, 6.45) is 0.789. The Morgan fingerprint density at radius 3 is 2.29 bits per heavy atom. The Hall–Kier alpha value is -4.43. The highest BCUT2D eigenvalue weighted by Crippen LogP contribution is 2.22. The van der Waals surface area contributed by atoms with Gasteiger partial charge in [-0.2, -0.15) is 0 Å². The maximum absolute atomic E-state index is 13.5. The Kier molecular flexibility index (Phi) is 9.11. The van der Waals surface area contributed by atoms with Crippen LogP contribution in [0.25, 0.3) is 11.3 Å². The number of methoxy groups -OCH3 is 1. The summed E-state index contributed by atoms with van der Waals surface area (Å²) in [5.41, 5.74) is 3.20. The van der Waals surface area contributed by atoms with Crippen LogP contribution in [0.2, 0.25) is 5.02 Å². The van der Waals surface area contributed by atoms with Gasteiger partial charge in [0.15, 0.2) is 5.82 Å². The lowest BCUT2D eigenvalue weighted by Crippen LogP contribution is -2.44. The van der Waals surface area contributed by atoms with E-state index in [-0.39, 0.29) is 18.4 Å². The van der Waals surface area contributed by atoms with E-state index in [9.17, 15) is 9.59 Å². The number of benzene rings is 3. The number of aromatic nitrogens is 2. The zero-order valence-corrected chi connectivity index (χ0v) is 23.7. The van der Waals surface area contributed by atoms with Crippen molar-refractivity contribution in [1.82, 2.24) is 20.0 Å². The Morgan fingerprint density at radius 1 is 0.854 bits per heavy atom. The molecule has 0 radical (unpaired) electrons. The first-order chi connectivity index (χ1) is 20.0. The molecule has 1 aromatic heterocycles. The molecule has 8 nitrogen and oxygen atoms in total. The predicted octanol–water partition coefficient (Wildman–Crippen LogP) is 5.19. The highest BCUT2D eigenvalue weighted by atomic mass is 35.5. The number of rotatable bonds is 8. The molecule has 0 atom stereocenters. The molecule has 0 saturated carbocycles. The molecule has 3 aromatic carbocycles. The summed E-state index contributed by atoms with van der Waals surface area (Å²) in [5, 5.41) is 9.46. The van der Waals surface area contributed by atoms with Crippen LogP contribution in [-0.4, -0.2) is 71.6 Å². The average molecular weight is 570 g/mol. The molecule has 2 heterocycles. The normalized spacial score (nSPS) is 13.4. The van der Waals surface area contributed by atoms with Crippen molar-refractivity contribution >= 4 is 29.2 Å². The summed E-state index contributed by atoms with van der Waals surface area (Å²) in [6, 6.07) is 28.1. The van der Waals surface area contributed by atoms with Crippen molar-refractivity contribution < 1.29 is 14.3 Å². The van der Waals surface area contributed by atoms with Crippen molar-refractivity contribution in [3.63, 3.8) is 0 Å². The molecule has 0 aliphatic carbocycles. The molecular weight excluding hydrogens is 538 g/mol. The first kappa shape index (κ1) is 28.1. The van der Waals surface area contributed by atoms with E-state index in [4.69, 9.17) is 16.3 Å². The fourth-order valence-electron chi connectivity index (χ4n) is 4.85. The van der Waals surface area contributed by atoms with Crippen LogP contribution in [0, 0.1) is 0 Å². The van der Waals surface area contributed by atoms with Crippen molar-refractivity contribution in [3.8, 4) is 17.0 Å². The van der Waals surface area contributed by atoms with E-state index < -0.39 is 0 Å². The van der Waals surface area contributed by atoms with E-state index >= 15 is 0 Å². The van der Waals surface area contributed by atoms with Crippen LogP contribution in [0.3, 0.4) is 0 Å². The molecule has 9 heteroatoms. The molecule has 0 unspecified atom stereocenters. The van der Waals surface area contributed by atoms with Gasteiger partial charge in [-0.15, -0.1) is 10.2 Å². The molecule has 1 aliphatic heterocycles. The molecule has 1 fully saturated rings. The highest BCUT2D eigenvalue weighted by molar-refractivity contribution is 6.30. The van der Waals surface area contributed by atoms with Crippen molar-refractivity contribution in [1.29, 1.82) is 0 Å². The molecule has 0 N–H and O–H groups in total. The summed E-state index contributed by atoms with van der Waals surface area (Å²) >= 11 is 6.03. The average Bonchev–Trinajstić information content (AvgIpc) is 3.28. The van der Waals surface area contributed by atoms with Crippen LogP contribution in [-0.2, 0) is 11.3 Å². The largest absolute Gasteiger partial charge is 0.497 e. The number of hydrogen-bond donors (Lipinski definition) is 0. The first-order valence-electron chi connectivity index (χ1n) is 13.6. The van der Waals surface area contributed by atoms with Gasteiger partial charge < -0.3 is 19.4 Å². The van der Waals surface area contributed by atoms with E-state index in [2.05, 4.69) is 15.1 Å². The van der Waals surface area contributed by atoms with Crippen molar-refractivity contribution in [2.75, 3.05) is 44.7 Å². The molecule has 1 saturated heterocycles. The van der Waals surface area contributed by atoms with Crippen LogP contribution in [0.4, 0.5) is 5.82 Å². The van der Waals surface area contributed by atoms with Crippen molar-refractivity contribution in [3.05, 3.63) is 107 Å². The van der Waals surface area contributed by atoms with Gasteiger partial charge in [0.25, 0.3) is 5.91 Å². The molecular formula is C32H32ClN5O3. The number of hydrogen-bond acceptors (Lipinski definition) is 6. The minimum Gasteiger partial charge on any atom is -0.497 e. The lowest BCUT2D eigenvalue weighted by molar-refractivity contribution is -0.131. The van der Waals surface area contributed by atoms with Crippen molar-refractivity contribution in [2.45, 2.75) is 13.0 Å². The van der Waals surface area contributed by atoms with Gasteiger partial charge in [0, 0.05) is 48.9 Å². The number of carbonyl (C=O) groups is 2. The number of ether oxygens (including phenoxy) is 1. The van der Waals surface area contributed by atoms with E-state index in [0.29, 0.717) is 36.8 Å². The lowest BCUT2D eigenvalue weighted by Gasteiger charge is -2.27. The smallest absolute Gasteiger partial charge is 0.254 e. The molecule has 2 amide bonds. The Morgan fingerprint density at radius 2 is 1.61 bits per heavy atom. The number of carbonyl (C=O) groups excluding carboxylic acids is 2. The van der Waals surface area contributed by atoms with Gasteiger partial charge in [-0.3, -0.25) is 9.59 Å². The maximum Gasteiger partial charge on any atom is 0.254 e. The molecule has 210 valence electrons. The fourth-order valence-corrected chi connectivity index (χ4v) is 4.97. The number of halogens is 1. The fraction of sp³-hybridized carbons (Fsp3) is 0.250. The standard InChI is InChI=1S/C32H32ClN5O3/c1-41-28-14-10-25(11-15-28)29-16-17-30(35-34-29)36-18-5-19-37(21-20-36)31(39)23-38(22-24-6-3-2-4-7-24)32(40)26-8-12-27(33)13-9-26/h2-4,6-17H,5,18-23H2,1H3. The Balaban J connectivity index is 1.23. The van der Waals surface area contributed by atoms with Gasteiger partial charge in [-0.1, -0.05) is 41.9 Å². The molecule has 5 rings (SSSR count). The summed E-state index contributed by atoms with van der Waals surface area (Å²) in [7, 11) is 1.64. The van der Waals surface area contributed by atoms with Gasteiger partial charge in [0.1, 0.15) is 12.3 Å². The van der Waals surface area contributed by atoms with Crippen LogP contribution in [0.15, 0.2) is 91.0 Å². The van der Waals surface area contributed by atoms with Gasteiger partial charge >= 0.3 is 0 Å². The second-order valence-electron chi connectivity index (χ2n) is 9.88. The van der Waals surface area contributed by atoms with Crippen LogP contribution in [0.5, 0.6) is 5.75 Å². The summed E-state index contributed by atoms with van der Waals surface area (Å²) in [4.78, 5) is 32.5. The van der Waals surface area contributed by atoms with Gasteiger partial charge in [-0.05, 0) is 72.6 Å². The summed E-state index contributed by atoms with van der Waals surface area (Å²) < 4.78 is 5.23. The zero-order chi connectivity index (χ0) is 28.6. The third-order valence-corrected chi connectivity index (χ3v) is 7.38. The number of anilines is 1. The van der Waals surface area contributed by atoms with E-state index in [1.807, 2.05) is 71.6 Å². The Bertz CT molecular complexity index is 1450. The van der Waals surface area contributed by atoms with Crippen LogP contribution >= 0.6 is 11.6 Å². The van der Waals surface area contributed by atoms with Crippen LogP contribution in [0.1, 0.15) is 22.3 Å². The molecule has 0 bridgehead atoms. The summed E-state index contributed by atoms with van der Waals surface area (Å²) in [6.45, 7) is 2.87. The van der Waals surface area contributed by atoms with E-state index in [0.717, 1.165) is 41.4 Å². The van der Waals surface area contributed by atoms with Crippen LogP contribution < -0.4 is 9.64 Å². The van der Waals surface area contributed by atoms with Gasteiger partial charge in [0.2, 0.25) is 5.91 Å². The summed E-state index contributed by atoms with van der Waals surface area (Å²) in [5.74, 6) is 1.29. The second kappa shape index (κ2) is 13.3. The lowest BCUT2D eigenvalue weighted by atomic mass is 10.1.